The second kappa shape index (κ2) is 4.43. The Morgan fingerprint density at radius 1 is 1.22 bits per heavy atom. The SMILES string of the molecule is COc1cc2c(cc1OC)[C@H](C)[P@@](C)(=O)CC2=O. The molecule has 1 aliphatic heterocycles. The van der Waals surface area contributed by atoms with Crippen molar-refractivity contribution < 1.29 is 18.8 Å². The van der Waals surface area contributed by atoms with Crippen LogP contribution >= 0.6 is 7.14 Å². The van der Waals surface area contributed by atoms with E-state index in [9.17, 15) is 9.36 Å². The molecule has 1 aromatic rings. The monoisotopic (exact) mass is 268 g/mol. The summed E-state index contributed by atoms with van der Waals surface area (Å²) in [5.41, 5.74) is 1.29. The summed E-state index contributed by atoms with van der Waals surface area (Å²) < 4.78 is 22.8. The van der Waals surface area contributed by atoms with Crippen LogP contribution in [-0.2, 0) is 4.57 Å². The van der Waals surface area contributed by atoms with Gasteiger partial charge in [-0.25, -0.2) is 0 Å². The quantitative estimate of drug-likeness (QED) is 0.774. The van der Waals surface area contributed by atoms with Gasteiger partial charge < -0.3 is 14.0 Å². The molecule has 0 aliphatic carbocycles. The van der Waals surface area contributed by atoms with Gasteiger partial charge in [0.15, 0.2) is 17.3 Å². The van der Waals surface area contributed by atoms with Crippen molar-refractivity contribution in [3.05, 3.63) is 23.3 Å². The van der Waals surface area contributed by atoms with Gasteiger partial charge in [-0.15, -0.1) is 0 Å². The van der Waals surface area contributed by atoms with Crippen LogP contribution in [0.4, 0.5) is 0 Å². The molecule has 5 heteroatoms. The highest BCUT2D eigenvalue weighted by molar-refractivity contribution is 7.64. The lowest BCUT2D eigenvalue weighted by Crippen LogP contribution is -2.19. The van der Waals surface area contributed by atoms with Crippen molar-refractivity contribution in [1.29, 1.82) is 0 Å². The predicted octanol–water partition coefficient (Wildman–Crippen LogP) is 2.95. The zero-order valence-corrected chi connectivity index (χ0v) is 11.9. The van der Waals surface area contributed by atoms with E-state index in [4.69, 9.17) is 9.47 Å². The molecule has 4 nitrogen and oxygen atoms in total. The number of methoxy groups -OCH3 is 2. The summed E-state index contributed by atoms with van der Waals surface area (Å²) in [5, 5.41) is 0. The van der Waals surface area contributed by atoms with Gasteiger partial charge in [-0.1, -0.05) is 6.92 Å². The molecule has 0 unspecified atom stereocenters. The molecule has 0 radical (unpaired) electrons. The number of fused-ring (bicyclic) bond motifs is 1. The number of Topliss-reactive ketones (excluding diaryl/α,β-unsaturated/α-hetero) is 1. The third kappa shape index (κ3) is 1.95. The van der Waals surface area contributed by atoms with Crippen molar-refractivity contribution in [2.75, 3.05) is 27.0 Å². The van der Waals surface area contributed by atoms with Crippen LogP contribution in [0.15, 0.2) is 12.1 Å². The summed E-state index contributed by atoms with van der Waals surface area (Å²) in [6.07, 6.45) is 0.136. The Labute approximate surface area is 107 Å². The maximum atomic E-state index is 12.4. The van der Waals surface area contributed by atoms with Crippen molar-refractivity contribution in [1.82, 2.24) is 0 Å². The Bertz CT molecular complexity index is 550. The molecular formula is C13H17O4P. The fraction of sp³-hybridized carbons (Fsp3) is 0.462. The number of carbonyl (C=O) groups is 1. The lowest BCUT2D eigenvalue weighted by Gasteiger charge is -2.28. The van der Waals surface area contributed by atoms with Gasteiger partial charge in [0, 0.05) is 11.2 Å². The molecule has 0 amide bonds. The van der Waals surface area contributed by atoms with Crippen LogP contribution < -0.4 is 9.47 Å². The van der Waals surface area contributed by atoms with E-state index in [1.807, 2.05) is 6.92 Å². The summed E-state index contributed by atoms with van der Waals surface area (Å²) in [6, 6.07) is 3.46. The zero-order chi connectivity index (χ0) is 13.5. The molecule has 1 aliphatic rings. The van der Waals surface area contributed by atoms with Crippen LogP contribution in [0.2, 0.25) is 0 Å². The minimum absolute atomic E-state index is 0.0742. The molecule has 0 saturated carbocycles. The fourth-order valence-corrected chi connectivity index (χ4v) is 4.10. The van der Waals surface area contributed by atoms with Crippen LogP contribution in [0, 0.1) is 0 Å². The lowest BCUT2D eigenvalue weighted by molar-refractivity contribution is 0.101. The zero-order valence-electron chi connectivity index (χ0n) is 11.0. The van der Waals surface area contributed by atoms with Crippen molar-refractivity contribution in [3.8, 4) is 11.5 Å². The molecule has 0 spiro atoms. The number of carbonyl (C=O) groups excluding carboxylic acids is 1. The second-order valence-electron chi connectivity index (χ2n) is 4.73. The Kier molecular flexibility index (Phi) is 3.24. The Morgan fingerprint density at radius 3 is 2.33 bits per heavy atom. The molecule has 0 fully saturated rings. The number of ketones is 1. The van der Waals surface area contributed by atoms with Crippen LogP contribution in [0.1, 0.15) is 28.5 Å². The van der Waals surface area contributed by atoms with Crippen LogP contribution in [0.3, 0.4) is 0 Å². The van der Waals surface area contributed by atoms with E-state index < -0.39 is 7.14 Å². The van der Waals surface area contributed by atoms with Gasteiger partial charge in [-0.2, -0.15) is 0 Å². The van der Waals surface area contributed by atoms with E-state index >= 15 is 0 Å². The molecule has 0 N–H and O–H groups in total. The third-order valence-electron chi connectivity index (χ3n) is 3.58. The number of ether oxygens (including phenoxy) is 2. The van der Waals surface area contributed by atoms with Gasteiger partial charge in [0.1, 0.15) is 0 Å². The molecule has 0 bridgehead atoms. The summed E-state index contributed by atoms with van der Waals surface area (Å²) in [7, 11) is 0.614. The smallest absolute Gasteiger partial charge is 0.170 e. The minimum atomic E-state index is -2.47. The summed E-state index contributed by atoms with van der Waals surface area (Å²) in [6.45, 7) is 3.59. The van der Waals surface area contributed by atoms with Crippen LogP contribution in [0.5, 0.6) is 11.5 Å². The average Bonchev–Trinajstić information content (AvgIpc) is 2.34. The van der Waals surface area contributed by atoms with Crippen molar-refractivity contribution in [2.24, 2.45) is 0 Å². The normalized spacial score (nSPS) is 26.7. The van der Waals surface area contributed by atoms with Gasteiger partial charge in [0.2, 0.25) is 0 Å². The molecule has 18 heavy (non-hydrogen) atoms. The Morgan fingerprint density at radius 2 is 1.78 bits per heavy atom. The van der Waals surface area contributed by atoms with Crippen molar-refractivity contribution in [3.63, 3.8) is 0 Å². The van der Waals surface area contributed by atoms with Crippen LogP contribution in [-0.4, -0.2) is 32.8 Å². The lowest BCUT2D eigenvalue weighted by atomic mass is 10.00. The number of rotatable bonds is 2. The highest BCUT2D eigenvalue weighted by atomic mass is 31.2. The first-order chi connectivity index (χ1) is 8.40. The summed E-state index contributed by atoms with van der Waals surface area (Å²) >= 11 is 0. The molecular weight excluding hydrogens is 251 g/mol. The van der Waals surface area contributed by atoms with Gasteiger partial charge in [0.25, 0.3) is 0 Å². The molecule has 2 atom stereocenters. The van der Waals surface area contributed by atoms with E-state index in [-0.39, 0.29) is 17.6 Å². The molecule has 0 saturated heterocycles. The maximum Gasteiger partial charge on any atom is 0.170 e. The third-order valence-corrected chi connectivity index (χ3v) is 6.41. The van der Waals surface area contributed by atoms with Gasteiger partial charge in [-0.3, -0.25) is 4.79 Å². The summed E-state index contributed by atoms with van der Waals surface area (Å²) in [4.78, 5) is 12.0. The number of hydrogen-bond acceptors (Lipinski definition) is 4. The Hall–Kier alpha value is -1.28. The fourth-order valence-electron chi connectivity index (χ4n) is 2.28. The largest absolute Gasteiger partial charge is 0.493 e. The minimum Gasteiger partial charge on any atom is -0.493 e. The first-order valence-electron chi connectivity index (χ1n) is 5.76. The maximum absolute atomic E-state index is 12.4. The first-order valence-corrected chi connectivity index (χ1v) is 8.17. The van der Waals surface area contributed by atoms with E-state index in [1.165, 1.54) is 7.11 Å². The van der Waals surface area contributed by atoms with E-state index in [1.54, 1.807) is 25.9 Å². The van der Waals surface area contributed by atoms with Crippen molar-refractivity contribution >= 4 is 12.9 Å². The molecule has 1 aromatic carbocycles. The van der Waals surface area contributed by atoms with E-state index in [0.29, 0.717) is 17.1 Å². The standard InChI is InChI=1S/C13H17O4P/c1-8-9-5-12(16-2)13(17-3)6-10(9)11(14)7-18(8,4)15/h5-6,8H,7H2,1-4H3/t8-,18-/m0/s1. The van der Waals surface area contributed by atoms with Gasteiger partial charge in [-0.05, 0) is 24.4 Å². The topological polar surface area (TPSA) is 52.6 Å². The van der Waals surface area contributed by atoms with E-state index in [0.717, 1.165) is 5.56 Å². The van der Waals surface area contributed by atoms with Gasteiger partial charge >= 0.3 is 0 Å². The molecule has 0 aromatic heterocycles. The van der Waals surface area contributed by atoms with Crippen LogP contribution in [0.25, 0.3) is 0 Å². The second-order valence-corrected chi connectivity index (χ2v) is 8.16. The first kappa shape index (κ1) is 13.2. The highest BCUT2D eigenvalue weighted by Crippen LogP contribution is 2.60. The van der Waals surface area contributed by atoms with E-state index in [2.05, 4.69) is 0 Å². The average molecular weight is 268 g/mol. The molecule has 98 valence electrons. The number of hydrogen-bond donors (Lipinski definition) is 0. The van der Waals surface area contributed by atoms with Gasteiger partial charge in [0.05, 0.1) is 27.5 Å². The molecule has 1 heterocycles. The van der Waals surface area contributed by atoms with Crippen molar-refractivity contribution in [2.45, 2.75) is 12.6 Å². The molecule has 2 rings (SSSR count). The highest BCUT2D eigenvalue weighted by Gasteiger charge is 2.37. The predicted molar refractivity (Wildman–Crippen MR) is 70.7 cm³/mol. The summed E-state index contributed by atoms with van der Waals surface area (Å²) in [5.74, 6) is 1.03. The Balaban J connectivity index is 2.66. The number of benzene rings is 1.